The highest BCUT2D eigenvalue weighted by atomic mass is 32.1. The third-order valence-electron chi connectivity index (χ3n) is 9.22. The van der Waals surface area contributed by atoms with Crippen LogP contribution in [-0.4, -0.2) is 39.7 Å². The SMILES string of the molecule is O=C1c2cccc3c(N4CCCCC4)ccc(c23)C(=O)N1c1cccc(-c2nn(-c3ccccc3)cc2-c2nc3ccccc3s2)c1. The van der Waals surface area contributed by atoms with Gasteiger partial charge in [0.15, 0.2) is 0 Å². The number of piperidine rings is 1. The van der Waals surface area contributed by atoms with Crippen LogP contribution in [0.25, 0.3) is 48.5 Å². The van der Waals surface area contributed by atoms with E-state index in [4.69, 9.17) is 10.1 Å². The number of carbonyl (C=O) groups is 2. The molecule has 0 aliphatic carbocycles. The molecule has 0 radical (unpaired) electrons. The highest BCUT2D eigenvalue weighted by Crippen LogP contribution is 2.41. The number of anilines is 2. The first-order valence-corrected chi connectivity index (χ1v) is 16.8. The second-order valence-corrected chi connectivity index (χ2v) is 13.1. The van der Waals surface area contributed by atoms with Crippen LogP contribution < -0.4 is 9.80 Å². The Morgan fingerprint density at radius 3 is 2.23 bits per heavy atom. The van der Waals surface area contributed by atoms with Gasteiger partial charge < -0.3 is 4.90 Å². The number of aromatic nitrogens is 3. The number of rotatable bonds is 5. The molecule has 47 heavy (non-hydrogen) atoms. The maximum atomic E-state index is 14.2. The van der Waals surface area contributed by atoms with E-state index in [-0.39, 0.29) is 11.8 Å². The van der Waals surface area contributed by atoms with Gasteiger partial charge in [-0.2, -0.15) is 5.10 Å². The molecule has 9 rings (SSSR count). The number of thiazole rings is 1. The Morgan fingerprint density at radius 2 is 1.40 bits per heavy atom. The Hall–Kier alpha value is -5.60. The molecule has 1 fully saturated rings. The Kier molecular flexibility index (Phi) is 6.50. The molecule has 228 valence electrons. The van der Waals surface area contributed by atoms with Crippen molar-refractivity contribution < 1.29 is 9.59 Å². The summed E-state index contributed by atoms with van der Waals surface area (Å²) < 4.78 is 2.95. The zero-order valence-corrected chi connectivity index (χ0v) is 26.3. The number of hydrogen-bond donors (Lipinski definition) is 0. The fourth-order valence-corrected chi connectivity index (χ4v) is 7.94. The quantitative estimate of drug-likeness (QED) is 0.178. The molecule has 0 unspecified atom stereocenters. The van der Waals surface area contributed by atoms with Crippen molar-refractivity contribution in [1.29, 1.82) is 0 Å². The van der Waals surface area contributed by atoms with Crippen molar-refractivity contribution in [3.05, 3.63) is 127 Å². The maximum Gasteiger partial charge on any atom is 0.265 e. The summed E-state index contributed by atoms with van der Waals surface area (Å²) in [5.41, 5.74) is 6.94. The molecule has 2 aliphatic rings. The van der Waals surface area contributed by atoms with E-state index in [2.05, 4.69) is 17.0 Å². The monoisotopic (exact) mass is 631 g/mol. The van der Waals surface area contributed by atoms with Gasteiger partial charge in [-0.3, -0.25) is 9.59 Å². The van der Waals surface area contributed by atoms with Crippen molar-refractivity contribution in [3.8, 4) is 27.5 Å². The lowest BCUT2D eigenvalue weighted by atomic mass is 9.92. The van der Waals surface area contributed by atoms with E-state index in [0.717, 1.165) is 80.1 Å². The van der Waals surface area contributed by atoms with Gasteiger partial charge in [-0.05, 0) is 73.9 Å². The van der Waals surface area contributed by atoms with E-state index < -0.39 is 0 Å². The molecule has 1 saturated heterocycles. The molecule has 0 atom stereocenters. The van der Waals surface area contributed by atoms with Gasteiger partial charge in [-0.25, -0.2) is 14.6 Å². The fourth-order valence-electron chi connectivity index (χ4n) is 6.96. The van der Waals surface area contributed by atoms with Crippen molar-refractivity contribution in [3.63, 3.8) is 0 Å². The smallest absolute Gasteiger partial charge is 0.265 e. The number of carbonyl (C=O) groups excluding carboxylic acids is 2. The van der Waals surface area contributed by atoms with Gasteiger partial charge >= 0.3 is 0 Å². The van der Waals surface area contributed by atoms with E-state index in [1.807, 2.05) is 108 Å². The van der Waals surface area contributed by atoms with Gasteiger partial charge in [0.1, 0.15) is 10.7 Å². The molecule has 2 aromatic heterocycles. The Labute approximate surface area is 275 Å². The molecule has 7 nitrogen and oxygen atoms in total. The lowest BCUT2D eigenvalue weighted by Crippen LogP contribution is -2.40. The minimum absolute atomic E-state index is 0.317. The van der Waals surface area contributed by atoms with Crippen molar-refractivity contribution in [1.82, 2.24) is 14.8 Å². The minimum Gasteiger partial charge on any atom is -0.371 e. The van der Waals surface area contributed by atoms with Crippen LogP contribution in [0.1, 0.15) is 40.0 Å². The molecule has 0 spiro atoms. The lowest BCUT2D eigenvalue weighted by molar-refractivity contribution is 0.0893. The molecule has 0 N–H and O–H groups in total. The molecule has 4 heterocycles. The Bertz CT molecular complexity index is 2300. The van der Waals surface area contributed by atoms with Crippen LogP contribution in [0.2, 0.25) is 0 Å². The number of fused-ring (bicyclic) bond motifs is 1. The van der Waals surface area contributed by atoms with Gasteiger partial charge in [-0.15, -0.1) is 11.3 Å². The zero-order valence-electron chi connectivity index (χ0n) is 25.5. The van der Waals surface area contributed by atoms with E-state index in [0.29, 0.717) is 16.8 Å². The molecule has 8 heteroatoms. The first-order chi connectivity index (χ1) is 23.1. The zero-order chi connectivity index (χ0) is 31.5. The van der Waals surface area contributed by atoms with Crippen LogP contribution in [0.3, 0.4) is 0 Å². The summed E-state index contributed by atoms with van der Waals surface area (Å²) in [6, 6.07) is 35.4. The Morgan fingerprint density at radius 1 is 0.660 bits per heavy atom. The maximum absolute atomic E-state index is 14.2. The summed E-state index contributed by atoms with van der Waals surface area (Å²) >= 11 is 1.61. The third kappa shape index (κ3) is 4.55. The third-order valence-corrected chi connectivity index (χ3v) is 10.3. The van der Waals surface area contributed by atoms with E-state index in [9.17, 15) is 9.59 Å². The average molecular weight is 632 g/mol. The number of imide groups is 1. The summed E-state index contributed by atoms with van der Waals surface area (Å²) in [5, 5.41) is 7.59. The van der Waals surface area contributed by atoms with Gasteiger partial charge in [0, 0.05) is 52.4 Å². The van der Waals surface area contributed by atoms with Crippen molar-refractivity contribution in [2.75, 3.05) is 22.9 Å². The summed E-state index contributed by atoms with van der Waals surface area (Å²) in [6.45, 7) is 1.97. The number of para-hydroxylation sites is 2. The largest absolute Gasteiger partial charge is 0.371 e. The van der Waals surface area contributed by atoms with Crippen LogP contribution in [0, 0.1) is 0 Å². The van der Waals surface area contributed by atoms with Crippen LogP contribution in [0.5, 0.6) is 0 Å². The van der Waals surface area contributed by atoms with Crippen LogP contribution in [0.4, 0.5) is 11.4 Å². The standard InChI is InChI=1S/C39H29N5O2S/c45-38-29-16-10-15-28-33(42-21-7-2-8-22-42)20-19-30(35(28)29)39(46)44(38)27-14-9-11-25(23-27)36-31(24-43(41-36)26-12-3-1-4-13-26)37-40-32-17-5-6-18-34(32)47-37/h1,3-6,9-20,23-24H,2,7-8,21-22H2. The normalized spacial score (nSPS) is 14.8. The molecule has 7 aromatic rings. The average Bonchev–Trinajstić information content (AvgIpc) is 3.77. The highest BCUT2D eigenvalue weighted by Gasteiger charge is 2.35. The minimum atomic E-state index is -0.317. The summed E-state index contributed by atoms with van der Waals surface area (Å²) in [5.74, 6) is -0.635. The fraction of sp³-hybridized carbons (Fsp3) is 0.128. The van der Waals surface area contributed by atoms with Crippen molar-refractivity contribution in [2.45, 2.75) is 19.3 Å². The topological polar surface area (TPSA) is 71.3 Å². The van der Waals surface area contributed by atoms with Gasteiger partial charge in [-0.1, -0.05) is 54.6 Å². The predicted molar refractivity (Wildman–Crippen MR) is 189 cm³/mol. The second kappa shape index (κ2) is 11.0. The van der Waals surface area contributed by atoms with Gasteiger partial charge in [0.2, 0.25) is 0 Å². The molecule has 0 saturated carbocycles. The summed E-state index contributed by atoms with van der Waals surface area (Å²) in [6.07, 6.45) is 5.53. The first kappa shape index (κ1) is 27.7. The number of nitrogens with zero attached hydrogens (tertiary/aromatic N) is 5. The lowest BCUT2D eigenvalue weighted by Gasteiger charge is -2.32. The van der Waals surface area contributed by atoms with Crippen LogP contribution >= 0.6 is 11.3 Å². The van der Waals surface area contributed by atoms with E-state index >= 15 is 0 Å². The van der Waals surface area contributed by atoms with Crippen LogP contribution in [-0.2, 0) is 0 Å². The predicted octanol–water partition coefficient (Wildman–Crippen LogP) is 8.76. The van der Waals surface area contributed by atoms with Crippen molar-refractivity contribution >= 4 is 55.5 Å². The molecule has 2 aliphatic heterocycles. The van der Waals surface area contributed by atoms with Crippen molar-refractivity contribution in [2.24, 2.45) is 0 Å². The molecule has 5 aromatic carbocycles. The van der Waals surface area contributed by atoms with Gasteiger partial charge in [0.05, 0.1) is 27.2 Å². The summed E-state index contributed by atoms with van der Waals surface area (Å²) in [7, 11) is 0. The molecular formula is C39H29N5O2S. The molecule has 2 amide bonds. The Balaban J connectivity index is 1.15. The second-order valence-electron chi connectivity index (χ2n) is 12.1. The number of amides is 2. The summed E-state index contributed by atoms with van der Waals surface area (Å²) in [4.78, 5) is 37.0. The first-order valence-electron chi connectivity index (χ1n) is 15.9. The molecule has 0 bridgehead atoms. The van der Waals surface area contributed by atoms with E-state index in [1.165, 1.54) is 11.3 Å². The number of benzene rings is 5. The van der Waals surface area contributed by atoms with E-state index in [1.54, 1.807) is 11.3 Å². The molecular weight excluding hydrogens is 603 g/mol. The van der Waals surface area contributed by atoms with Crippen LogP contribution in [0.15, 0.2) is 115 Å². The highest BCUT2D eigenvalue weighted by molar-refractivity contribution is 7.21. The number of hydrogen-bond acceptors (Lipinski definition) is 6. The van der Waals surface area contributed by atoms with Gasteiger partial charge in [0.25, 0.3) is 11.8 Å².